The van der Waals surface area contributed by atoms with Gasteiger partial charge in [-0.25, -0.2) is 8.42 Å². The van der Waals surface area contributed by atoms with E-state index in [-0.39, 0.29) is 24.4 Å². The van der Waals surface area contributed by atoms with E-state index in [1.165, 1.54) is 0 Å². The molecule has 2 amide bonds. The predicted octanol–water partition coefficient (Wildman–Crippen LogP) is 3.92. The normalized spacial score (nSPS) is 14.9. The van der Waals surface area contributed by atoms with Crippen molar-refractivity contribution in [2.45, 2.75) is 70.9 Å². The summed E-state index contributed by atoms with van der Waals surface area (Å²) in [5, 5.41) is 3.13. The van der Waals surface area contributed by atoms with Crippen LogP contribution in [0.5, 0.6) is 0 Å². The zero-order valence-corrected chi connectivity index (χ0v) is 22.5. The Morgan fingerprint density at radius 1 is 0.972 bits per heavy atom. The van der Waals surface area contributed by atoms with Crippen molar-refractivity contribution in [2.24, 2.45) is 0 Å². The number of hydrogen-bond donors (Lipinski definition) is 1. The largest absolute Gasteiger partial charge is 0.352 e. The second-order valence-corrected chi connectivity index (χ2v) is 11.4. The standard InChI is InChI=1S/C28H39N3O4S/c1-4-22-15-17-25(18-16-22)31(36(3,34)35)21-27(32)30(20-19-23-11-7-6-8-12-23)26(5-2)28(33)29-24-13-9-10-14-24/h6-8,11-12,15-18,24,26H,4-5,9-10,13-14,19-21H2,1-3H3,(H,29,33)/t26-/m1/s1. The van der Waals surface area contributed by atoms with Crippen molar-refractivity contribution in [3.63, 3.8) is 0 Å². The summed E-state index contributed by atoms with van der Waals surface area (Å²) in [5.74, 6) is -0.548. The molecule has 3 rings (SSSR count). The summed E-state index contributed by atoms with van der Waals surface area (Å²) in [4.78, 5) is 28.5. The van der Waals surface area contributed by atoms with Gasteiger partial charge in [-0.2, -0.15) is 0 Å². The third kappa shape index (κ3) is 7.56. The van der Waals surface area contributed by atoms with Crippen molar-refractivity contribution >= 4 is 27.5 Å². The quantitative estimate of drug-likeness (QED) is 0.466. The molecule has 7 nitrogen and oxygen atoms in total. The van der Waals surface area contributed by atoms with E-state index in [0.717, 1.165) is 53.8 Å². The summed E-state index contributed by atoms with van der Waals surface area (Å²) < 4.78 is 26.5. The lowest BCUT2D eigenvalue weighted by Gasteiger charge is -2.33. The van der Waals surface area contributed by atoms with Gasteiger partial charge in [-0.1, -0.05) is 69.2 Å². The molecule has 1 fully saturated rings. The Hall–Kier alpha value is -2.87. The van der Waals surface area contributed by atoms with Crippen LogP contribution >= 0.6 is 0 Å². The maximum atomic E-state index is 13.7. The molecule has 1 N–H and O–H groups in total. The van der Waals surface area contributed by atoms with E-state index in [9.17, 15) is 18.0 Å². The molecule has 196 valence electrons. The molecule has 2 aromatic carbocycles. The molecule has 0 aromatic heterocycles. The van der Waals surface area contributed by atoms with Crippen LogP contribution in [0.4, 0.5) is 5.69 Å². The SMILES string of the molecule is CCc1ccc(N(CC(=O)N(CCc2ccccc2)[C@H](CC)C(=O)NC2CCCC2)S(C)(=O)=O)cc1. The Bertz CT molecular complexity index is 1100. The third-order valence-corrected chi connectivity index (χ3v) is 8.02. The highest BCUT2D eigenvalue weighted by Crippen LogP contribution is 2.21. The van der Waals surface area contributed by atoms with Crippen LogP contribution in [0.15, 0.2) is 54.6 Å². The second-order valence-electron chi connectivity index (χ2n) is 9.53. The second kappa shape index (κ2) is 12.9. The van der Waals surface area contributed by atoms with Gasteiger partial charge in [0.25, 0.3) is 0 Å². The van der Waals surface area contributed by atoms with Crippen molar-refractivity contribution in [3.8, 4) is 0 Å². The summed E-state index contributed by atoms with van der Waals surface area (Å²) in [6, 6.07) is 16.5. The van der Waals surface area contributed by atoms with Crippen molar-refractivity contribution in [1.29, 1.82) is 0 Å². The highest BCUT2D eigenvalue weighted by Gasteiger charge is 2.32. The Morgan fingerprint density at radius 2 is 1.61 bits per heavy atom. The van der Waals surface area contributed by atoms with Gasteiger partial charge in [0, 0.05) is 12.6 Å². The van der Waals surface area contributed by atoms with Crippen LogP contribution < -0.4 is 9.62 Å². The predicted molar refractivity (Wildman–Crippen MR) is 144 cm³/mol. The zero-order chi connectivity index (χ0) is 26.1. The molecule has 1 aliphatic rings. The van der Waals surface area contributed by atoms with Crippen LogP contribution in [0.3, 0.4) is 0 Å². The fourth-order valence-electron chi connectivity index (χ4n) is 4.78. The molecule has 0 aliphatic heterocycles. The number of hydrogen-bond acceptors (Lipinski definition) is 4. The smallest absolute Gasteiger partial charge is 0.244 e. The van der Waals surface area contributed by atoms with Crippen molar-refractivity contribution < 1.29 is 18.0 Å². The number of amides is 2. The average molecular weight is 514 g/mol. The highest BCUT2D eigenvalue weighted by atomic mass is 32.2. The fraction of sp³-hybridized carbons (Fsp3) is 0.500. The van der Waals surface area contributed by atoms with E-state index in [4.69, 9.17) is 0 Å². The van der Waals surface area contributed by atoms with Gasteiger partial charge < -0.3 is 10.2 Å². The van der Waals surface area contributed by atoms with Gasteiger partial charge in [-0.3, -0.25) is 13.9 Å². The Morgan fingerprint density at radius 3 is 2.17 bits per heavy atom. The van der Waals surface area contributed by atoms with E-state index in [1.54, 1.807) is 17.0 Å². The number of nitrogens with one attached hydrogen (secondary N) is 1. The summed E-state index contributed by atoms with van der Waals surface area (Å²) in [7, 11) is -3.72. The maximum absolute atomic E-state index is 13.7. The monoisotopic (exact) mass is 513 g/mol. The minimum atomic E-state index is -3.72. The number of anilines is 1. The first-order chi connectivity index (χ1) is 17.2. The Labute approximate surface area is 215 Å². The van der Waals surface area contributed by atoms with Gasteiger partial charge in [0.15, 0.2) is 0 Å². The van der Waals surface area contributed by atoms with Crippen LogP contribution in [0, 0.1) is 0 Å². The number of carbonyl (C=O) groups excluding carboxylic acids is 2. The van der Waals surface area contributed by atoms with Gasteiger partial charge in [0.1, 0.15) is 12.6 Å². The minimum absolute atomic E-state index is 0.141. The van der Waals surface area contributed by atoms with Gasteiger partial charge >= 0.3 is 0 Å². The van der Waals surface area contributed by atoms with E-state index in [0.29, 0.717) is 25.1 Å². The Kier molecular flexibility index (Phi) is 9.93. The number of rotatable bonds is 12. The highest BCUT2D eigenvalue weighted by molar-refractivity contribution is 7.92. The molecule has 2 aromatic rings. The summed E-state index contributed by atoms with van der Waals surface area (Å²) in [6.07, 6.45) is 7.06. The van der Waals surface area contributed by atoms with Crippen molar-refractivity contribution in [2.75, 3.05) is 23.7 Å². The van der Waals surface area contributed by atoms with Crippen LogP contribution in [-0.4, -0.2) is 56.6 Å². The minimum Gasteiger partial charge on any atom is -0.352 e. The number of carbonyl (C=O) groups is 2. The molecule has 8 heteroatoms. The molecule has 0 spiro atoms. The van der Waals surface area contributed by atoms with Gasteiger partial charge in [0.2, 0.25) is 21.8 Å². The fourth-order valence-corrected chi connectivity index (χ4v) is 5.62. The molecule has 0 heterocycles. The summed E-state index contributed by atoms with van der Waals surface area (Å²) in [6.45, 7) is 3.89. The van der Waals surface area contributed by atoms with E-state index in [2.05, 4.69) is 5.32 Å². The summed E-state index contributed by atoms with van der Waals surface area (Å²) >= 11 is 0. The lowest BCUT2D eigenvalue weighted by molar-refractivity contribution is -0.139. The lowest BCUT2D eigenvalue weighted by atomic mass is 10.1. The number of benzene rings is 2. The molecule has 1 atom stereocenters. The third-order valence-electron chi connectivity index (χ3n) is 6.88. The van der Waals surface area contributed by atoms with Crippen LogP contribution in [0.2, 0.25) is 0 Å². The summed E-state index contributed by atoms with van der Waals surface area (Å²) in [5.41, 5.74) is 2.57. The van der Waals surface area contributed by atoms with Crippen LogP contribution in [0.1, 0.15) is 57.1 Å². The first-order valence-corrected chi connectivity index (χ1v) is 14.8. The maximum Gasteiger partial charge on any atom is 0.244 e. The van der Waals surface area contributed by atoms with Crippen molar-refractivity contribution in [3.05, 3.63) is 65.7 Å². The number of sulfonamides is 1. The zero-order valence-electron chi connectivity index (χ0n) is 21.7. The molecular formula is C28H39N3O4S. The Balaban J connectivity index is 1.85. The molecular weight excluding hydrogens is 474 g/mol. The van der Waals surface area contributed by atoms with E-state index >= 15 is 0 Å². The molecule has 0 bridgehead atoms. The van der Waals surface area contributed by atoms with Crippen LogP contribution in [0.25, 0.3) is 0 Å². The van der Waals surface area contributed by atoms with Gasteiger partial charge in [0.05, 0.1) is 11.9 Å². The number of aryl methyl sites for hydroxylation is 1. The number of nitrogens with zero attached hydrogens (tertiary/aromatic N) is 2. The molecule has 1 aliphatic carbocycles. The van der Waals surface area contributed by atoms with Crippen LogP contribution in [-0.2, 0) is 32.5 Å². The van der Waals surface area contributed by atoms with Gasteiger partial charge in [-0.15, -0.1) is 0 Å². The molecule has 0 saturated heterocycles. The van der Waals surface area contributed by atoms with Gasteiger partial charge in [-0.05, 0) is 55.4 Å². The first-order valence-electron chi connectivity index (χ1n) is 12.9. The average Bonchev–Trinajstić information content (AvgIpc) is 3.38. The molecule has 36 heavy (non-hydrogen) atoms. The topological polar surface area (TPSA) is 86.8 Å². The van der Waals surface area contributed by atoms with Crippen molar-refractivity contribution in [1.82, 2.24) is 10.2 Å². The molecule has 0 radical (unpaired) electrons. The van der Waals surface area contributed by atoms with E-state index < -0.39 is 16.1 Å². The first kappa shape index (κ1) is 27.7. The lowest BCUT2D eigenvalue weighted by Crippen LogP contribution is -2.54. The molecule has 1 saturated carbocycles. The van der Waals surface area contributed by atoms with E-state index in [1.807, 2.05) is 56.3 Å². The molecule has 0 unspecified atom stereocenters.